The molecule has 3 aliphatic rings. The van der Waals surface area contributed by atoms with Gasteiger partial charge in [0.2, 0.25) is 5.91 Å². The highest BCUT2D eigenvalue weighted by molar-refractivity contribution is 8.15. The number of amidine groups is 1. The zero-order chi connectivity index (χ0) is 24.4. The van der Waals surface area contributed by atoms with Crippen LogP contribution in [0.3, 0.4) is 0 Å². The maximum Gasteiger partial charge on any atom is 0.262 e. The van der Waals surface area contributed by atoms with E-state index in [1.54, 1.807) is 36.4 Å². The van der Waals surface area contributed by atoms with E-state index >= 15 is 0 Å². The van der Waals surface area contributed by atoms with Gasteiger partial charge in [-0.15, -0.1) is 0 Å². The molecule has 5 rings (SSSR count). The molecule has 0 radical (unpaired) electrons. The Labute approximate surface area is 207 Å². The van der Waals surface area contributed by atoms with Gasteiger partial charge in [-0.2, -0.15) is 4.99 Å². The minimum atomic E-state index is -0.495. The molecule has 1 aliphatic carbocycles. The molecule has 2 aliphatic heterocycles. The lowest BCUT2D eigenvalue weighted by Crippen LogP contribution is -2.32. The summed E-state index contributed by atoms with van der Waals surface area (Å²) in [6, 6.07) is 13.2. The number of aliphatic imine (C=N–C) groups is 1. The van der Waals surface area contributed by atoms with Gasteiger partial charge in [0.15, 0.2) is 5.17 Å². The normalized spacial score (nSPS) is 19.6. The van der Waals surface area contributed by atoms with E-state index < -0.39 is 5.25 Å². The van der Waals surface area contributed by atoms with Gasteiger partial charge in [0.05, 0.1) is 0 Å². The topological polar surface area (TPSA) is 82.1 Å². The average molecular weight is 495 g/mol. The highest BCUT2D eigenvalue weighted by Gasteiger charge is 2.34. The summed E-state index contributed by atoms with van der Waals surface area (Å²) in [4.78, 5) is 46.0. The highest BCUT2D eigenvalue weighted by atomic mass is 32.2. The number of hydrogen-bond acceptors (Lipinski definition) is 5. The SMILES string of the molecule is O=C(C[C@@H]1SC(N2CCCC2)=NC1=O)Nc1ccc(C(=O)N(Cc2ccc(F)cc2)C2CC2)cc1. The van der Waals surface area contributed by atoms with Crippen LogP contribution >= 0.6 is 11.8 Å². The Bertz CT molecular complexity index is 1140. The number of halogens is 1. The number of rotatable bonds is 7. The number of thioether (sulfide) groups is 1. The van der Waals surface area contributed by atoms with Crippen molar-refractivity contribution in [3.63, 3.8) is 0 Å². The van der Waals surface area contributed by atoms with Crippen LogP contribution in [-0.4, -0.2) is 57.1 Å². The summed E-state index contributed by atoms with van der Waals surface area (Å²) in [5, 5.41) is 3.06. The number of carbonyl (C=O) groups is 3. The number of carbonyl (C=O) groups excluding carboxylic acids is 3. The molecular weight excluding hydrogens is 467 g/mol. The molecule has 2 fully saturated rings. The fraction of sp³-hybridized carbons (Fsp3) is 0.385. The molecule has 2 aromatic rings. The van der Waals surface area contributed by atoms with E-state index in [1.807, 2.05) is 4.90 Å². The number of nitrogens with one attached hydrogen (secondary N) is 1. The number of nitrogens with zero attached hydrogens (tertiary/aromatic N) is 3. The second-order valence-corrected chi connectivity index (χ2v) is 10.3. The van der Waals surface area contributed by atoms with Crippen molar-refractivity contribution in [2.45, 2.75) is 49.9 Å². The second kappa shape index (κ2) is 10.2. The molecular formula is C26H27FN4O3S. The van der Waals surface area contributed by atoms with Crippen LogP contribution in [0.1, 0.15) is 48.0 Å². The molecule has 0 aromatic heterocycles. The summed E-state index contributed by atoms with van der Waals surface area (Å²) in [6.07, 6.45) is 4.17. The Hall–Kier alpha value is -3.20. The van der Waals surface area contributed by atoms with E-state index in [0.29, 0.717) is 17.8 Å². The standard InChI is InChI=1S/C26H27FN4O3S/c27-19-7-3-17(4-8-19)16-31(21-11-12-21)25(34)18-5-9-20(10-6-18)28-23(32)15-22-24(33)29-26(35-22)30-13-1-2-14-30/h3-10,21-22H,1-2,11-16H2,(H,28,32)/t22-/m0/s1. The van der Waals surface area contributed by atoms with Crippen molar-refractivity contribution in [3.05, 3.63) is 65.5 Å². The smallest absolute Gasteiger partial charge is 0.262 e. The van der Waals surface area contributed by atoms with E-state index in [4.69, 9.17) is 0 Å². The zero-order valence-electron chi connectivity index (χ0n) is 19.3. The predicted octanol–water partition coefficient (Wildman–Crippen LogP) is 4.05. The lowest BCUT2D eigenvalue weighted by molar-refractivity contribution is -0.121. The summed E-state index contributed by atoms with van der Waals surface area (Å²) in [7, 11) is 0. The molecule has 1 saturated carbocycles. The van der Waals surface area contributed by atoms with Gasteiger partial charge in [-0.1, -0.05) is 23.9 Å². The van der Waals surface area contributed by atoms with Gasteiger partial charge in [0.1, 0.15) is 11.1 Å². The summed E-state index contributed by atoms with van der Waals surface area (Å²) in [5.74, 6) is -0.904. The van der Waals surface area contributed by atoms with Crippen LogP contribution in [0, 0.1) is 5.82 Å². The number of hydrogen-bond donors (Lipinski definition) is 1. The van der Waals surface area contributed by atoms with E-state index in [1.165, 1.54) is 23.9 Å². The van der Waals surface area contributed by atoms with Crippen LogP contribution in [0.4, 0.5) is 10.1 Å². The second-order valence-electron chi connectivity index (χ2n) is 9.15. The Kier molecular flexibility index (Phi) is 6.86. The largest absolute Gasteiger partial charge is 0.351 e. The van der Waals surface area contributed by atoms with Crippen LogP contribution in [0.2, 0.25) is 0 Å². The minimum absolute atomic E-state index is 0.0537. The monoisotopic (exact) mass is 494 g/mol. The third kappa shape index (κ3) is 5.73. The molecule has 0 bridgehead atoms. The van der Waals surface area contributed by atoms with Gasteiger partial charge >= 0.3 is 0 Å². The summed E-state index contributed by atoms with van der Waals surface area (Å²) >= 11 is 1.37. The van der Waals surface area contributed by atoms with Crippen molar-refractivity contribution in [1.82, 2.24) is 9.80 Å². The molecule has 35 heavy (non-hydrogen) atoms. The predicted molar refractivity (Wildman–Crippen MR) is 134 cm³/mol. The maximum atomic E-state index is 13.2. The summed E-state index contributed by atoms with van der Waals surface area (Å²) < 4.78 is 13.2. The Balaban J connectivity index is 1.16. The van der Waals surface area contributed by atoms with E-state index in [9.17, 15) is 18.8 Å². The van der Waals surface area contributed by atoms with Crippen LogP contribution in [0.25, 0.3) is 0 Å². The molecule has 1 N–H and O–H groups in total. The first-order chi connectivity index (χ1) is 17.0. The zero-order valence-corrected chi connectivity index (χ0v) is 20.1. The first kappa shape index (κ1) is 23.5. The molecule has 3 amide bonds. The van der Waals surface area contributed by atoms with Crippen LogP contribution in [-0.2, 0) is 16.1 Å². The minimum Gasteiger partial charge on any atom is -0.351 e. The van der Waals surface area contributed by atoms with Gasteiger partial charge in [0.25, 0.3) is 11.8 Å². The third-order valence-corrected chi connectivity index (χ3v) is 7.62. The van der Waals surface area contributed by atoms with Crippen LogP contribution in [0.15, 0.2) is 53.5 Å². The Morgan fingerprint density at radius 3 is 2.40 bits per heavy atom. The molecule has 0 spiro atoms. The van der Waals surface area contributed by atoms with Crippen molar-refractivity contribution < 1.29 is 18.8 Å². The lowest BCUT2D eigenvalue weighted by Gasteiger charge is -2.23. The Morgan fingerprint density at radius 1 is 1.06 bits per heavy atom. The van der Waals surface area contributed by atoms with Crippen molar-refractivity contribution in [1.29, 1.82) is 0 Å². The number of amides is 3. The first-order valence-corrected chi connectivity index (χ1v) is 12.8. The van der Waals surface area contributed by atoms with Crippen LogP contribution < -0.4 is 5.32 Å². The number of anilines is 1. The summed E-state index contributed by atoms with van der Waals surface area (Å²) in [6.45, 7) is 2.24. The maximum absolute atomic E-state index is 13.2. The van der Waals surface area contributed by atoms with E-state index in [2.05, 4.69) is 15.2 Å². The van der Waals surface area contributed by atoms with Gasteiger partial charge in [-0.25, -0.2) is 4.39 Å². The van der Waals surface area contributed by atoms with Crippen molar-refractivity contribution in [2.75, 3.05) is 18.4 Å². The van der Waals surface area contributed by atoms with Gasteiger partial charge in [-0.3, -0.25) is 14.4 Å². The third-order valence-electron chi connectivity index (χ3n) is 6.41. The fourth-order valence-electron chi connectivity index (χ4n) is 4.33. The van der Waals surface area contributed by atoms with Crippen LogP contribution in [0.5, 0.6) is 0 Å². The first-order valence-electron chi connectivity index (χ1n) is 12.0. The van der Waals surface area contributed by atoms with E-state index in [0.717, 1.165) is 49.5 Å². The number of likely N-dealkylation sites (tertiary alicyclic amines) is 1. The molecule has 2 heterocycles. The molecule has 182 valence electrons. The van der Waals surface area contributed by atoms with Gasteiger partial charge in [-0.05, 0) is 67.6 Å². The average Bonchev–Trinajstić information content (AvgIpc) is 3.41. The van der Waals surface area contributed by atoms with Crippen molar-refractivity contribution in [3.8, 4) is 0 Å². The van der Waals surface area contributed by atoms with Gasteiger partial charge in [0, 0.05) is 43.3 Å². The Morgan fingerprint density at radius 2 is 1.74 bits per heavy atom. The molecule has 9 heteroatoms. The summed E-state index contributed by atoms with van der Waals surface area (Å²) in [5.41, 5.74) is 1.98. The van der Waals surface area contributed by atoms with Gasteiger partial charge < -0.3 is 15.1 Å². The van der Waals surface area contributed by atoms with E-state index in [-0.39, 0.29) is 36.0 Å². The molecule has 7 nitrogen and oxygen atoms in total. The fourth-order valence-corrected chi connectivity index (χ4v) is 5.45. The lowest BCUT2D eigenvalue weighted by atomic mass is 10.1. The molecule has 0 unspecified atom stereocenters. The van der Waals surface area contributed by atoms with Crippen molar-refractivity contribution >= 4 is 40.3 Å². The highest BCUT2D eigenvalue weighted by Crippen LogP contribution is 2.31. The molecule has 1 saturated heterocycles. The number of benzene rings is 2. The van der Waals surface area contributed by atoms with Crippen molar-refractivity contribution in [2.24, 2.45) is 4.99 Å². The molecule has 2 aromatic carbocycles. The quantitative estimate of drug-likeness (QED) is 0.628. The molecule has 1 atom stereocenters.